The number of likely N-dealkylation sites (N-methyl/N-ethyl adjacent to an activating group) is 1. The van der Waals surface area contributed by atoms with Gasteiger partial charge < -0.3 is 29.5 Å². The minimum absolute atomic E-state index is 0.143. The first-order chi connectivity index (χ1) is 15.0. The summed E-state index contributed by atoms with van der Waals surface area (Å²) in [6.45, 7) is 7.18. The second-order valence-electron chi connectivity index (χ2n) is 8.26. The smallest absolute Gasteiger partial charge is 0.251 e. The minimum atomic E-state index is -0.239. The van der Waals surface area contributed by atoms with Crippen LogP contribution in [0.2, 0.25) is 0 Å². The highest BCUT2D eigenvalue weighted by atomic mass is 16.5. The van der Waals surface area contributed by atoms with Crippen LogP contribution in [0.25, 0.3) is 0 Å². The zero-order chi connectivity index (χ0) is 22.2. The van der Waals surface area contributed by atoms with Crippen molar-refractivity contribution in [2.75, 3.05) is 67.1 Å². The Morgan fingerprint density at radius 1 is 1.29 bits per heavy atom. The highest BCUT2D eigenvalue weighted by molar-refractivity contribution is 5.82. The van der Waals surface area contributed by atoms with Gasteiger partial charge in [0.05, 0.1) is 19.7 Å². The second-order valence-corrected chi connectivity index (χ2v) is 8.26. The van der Waals surface area contributed by atoms with Gasteiger partial charge in [0.2, 0.25) is 0 Å². The lowest BCUT2D eigenvalue weighted by Gasteiger charge is -2.37. The maximum Gasteiger partial charge on any atom is 0.251 e. The van der Waals surface area contributed by atoms with Gasteiger partial charge in [-0.1, -0.05) is 12.1 Å². The highest BCUT2D eigenvalue weighted by Gasteiger charge is 2.31. The normalized spacial score (nSPS) is 20.8. The molecule has 1 aromatic rings. The van der Waals surface area contributed by atoms with Crippen molar-refractivity contribution in [1.29, 1.82) is 0 Å². The Bertz CT molecular complexity index is 740. The van der Waals surface area contributed by atoms with Crippen molar-refractivity contribution in [3.63, 3.8) is 0 Å². The number of piperazine rings is 1. The molecule has 0 saturated carbocycles. The van der Waals surface area contributed by atoms with Crippen LogP contribution >= 0.6 is 0 Å². The monoisotopic (exact) mass is 431 g/mol. The van der Waals surface area contributed by atoms with Crippen LogP contribution in [0, 0.1) is 0 Å². The molecule has 0 spiro atoms. The van der Waals surface area contributed by atoms with Gasteiger partial charge in [0.25, 0.3) is 5.91 Å². The lowest BCUT2D eigenvalue weighted by molar-refractivity contribution is -0.142. The molecule has 0 aromatic heterocycles. The second kappa shape index (κ2) is 11.3. The van der Waals surface area contributed by atoms with Crippen LogP contribution in [0.1, 0.15) is 31.4 Å². The van der Waals surface area contributed by atoms with Crippen molar-refractivity contribution >= 4 is 11.9 Å². The van der Waals surface area contributed by atoms with Crippen molar-refractivity contribution in [2.45, 2.75) is 31.9 Å². The van der Waals surface area contributed by atoms with Crippen molar-refractivity contribution in [1.82, 2.24) is 20.0 Å². The van der Waals surface area contributed by atoms with E-state index >= 15 is 0 Å². The van der Waals surface area contributed by atoms with E-state index in [2.05, 4.69) is 48.3 Å². The molecule has 2 atom stereocenters. The molecule has 0 aliphatic carbocycles. The van der Waals surface area contributed by atoms with E-state index in [1.165, 1.54) is 5.56 Å². The van der Waals surface area contributed by atoms with Gasteiger partial charge in [-0.25, -0.2) is 0 Å². The number of methoxy groups -OCH3 is 1. The van der Waals surface area contributed by atoms with E-state index in [0.29, 0.717) is 26.2 Å². The third-order valence-electron chi connectivity index (χ3n) is 5.95. The van der Waals surface area contributed by atoms with Crippen molar-refractivity contribution in [2.24, 2.45) is 4.99 Å². The van der Waals surface area contributed by atoms with Gasteiger partial charge in [-0.05, 0) is 51.6 Å². The van der Waals surface area contributed by atoms with E-state index < -0.39 is 0 Å². The zero-order valence-corrected chi connectivity index (χ0v) is 19.3. The number of nitrogens with one attached hydrogen (secondary N) is 1. The zero-order valence-electron chi connectivity index (χ0n) is 19.3. The number of ether oxygens (including phenoxy) is 2. The lowest BCUT2D eigenvalue weighted by Crippen LogP contribution is -2.55. The molecule has 2 heterocycles. The number of carbonyl (C=O) groups excluding carboxylic acids is 1. The number of guanidine groups is 1. The number of aliphatic imine (C=N–C) groups is 1. The van der Waals surface area contributed by atoms with E-state index in [-0.39, 0.29) is 18.1 Å². The van der Waals surface area contributed by atoms with Crippen molar-refractivity contribution in [3.8, 4) is 5.75 Å². The number of nitrogens with zero attached hydrogens (tertiary/aromatic N) is 4. The van der Waals surface area contributed by atoms with Crippen LogP contribution in [-0.2, 0) is 9.53 Å². The van der Waals surface area contributed by atoms with E-state index in [4.69, 9.17) is 14.5 Å². The van der Waals surface area contributed by atoms with Gasteiger partial charge in [0.15, 0.2) is 5.96 Å². The Labute approximate surface area is 186 Å². The number of carbonyl (C=O) groups is 1. The lowest BCUT2D eigenvalue weighted by atomic mass is 10.1. The Morgan fingerprint density at radius 3 is 2.65 bits per heavy atom. The third kappa shape index (κ3) is 6.11. The fourth-order valence-electron chi connectivity index (χ4n) is 4.13. The molecule has 172 valence electrons. The molecule has 1 amide bonds. The fourth-order valence-corrected chi connectivity index (χ4v) is 4.13. The summed E-state index contributed by atoms with van der Waals surface area (Å²) in [5, 5.41) is 3.42. The highest BCUT2D eigenvalue weighted by Crippen LogP contribution is 2.23. The summed E-state index contributed by atoms with van der Waals surface area (Å²) in [6.07, 6.45) is 1.59. The molecule has 0 bridgehead atoms. The number of hydrogen-bond donors (Lipinski definition) is 1. The van der Waals surface area contributed by atoms with E-state index in [9.17, 15) is 4.79 Å². The standard InChI is InChI=1S/C23H37N5O3/c1-5-24-23(25-17-20(26(2)3)18-8-6-9-19(16-18)30-4)28-13-11-27(12-14-28)22(29)21-10-7-15-31-21/h6,8-9,16,20-21H,5,7,10-15,17H2,1-4H3,(H,24,25). The maximum absolute atomic E-state index is 12.6. The summed E-state index contributed by atoms with van der Waals surface area (Å²) in [7, 11) is 5.83. The van der Waals surface area contributed by atoms with Crippen molar-refractivity contribution in [3.05, 3.63) is 29.8 Å². The number of rotatable bonds is 7. The molecule has 1 aromatic carbocycles. The van der Waals surface area contributed by atoms with Crippen LogP contribution in [-0.4, -0.2) is 99.8 Å². The van der Waals surface area contributed by atoms with Crippen LogP contribution < -0.4 is 10.1 Å². The largest absolute Gasteiger partial charge is 0.497 e. The van der Waals surface area contributed by atoms with Gasteiger partial charge in [-0.2, -0.15) is 0 Å². The molecule has 2 saturated heterocycles. The molecule has 31 heavy (non-hydrogen) atoms. The number of hydrogen-bond acceptors (Lipinski definition) is 5. The van der Waals surface area contributed by atoms with E-state index in [1.807, 2.05) is 17.0 Å². The number of amides is 1. The SMILES string of the molecule is CCNC(=NCC(c1cccc(OC)c1)N(C)C)N1CCN(C(=O)C2CCCO2)CC1. The number of benzene rings is 1. The van der Waals surface area contributed by atoms with Gasteiger partial charge in [-0.3, -0.25) is 9.79 Å². The Kier molecular flexibility index (Phi) is 8.54. The van der Waals surface area contributed by atoms with Crippen LogP contribution in [0.3, 0.4) is 0 Å². The predicted molar refractivity (Wildman–Crippen MR) is 123 cm³/mol. The first-order valence-corrected chi connectivity index (χ1v) is 11.3. The van der Waals surface area contributed by atoms with Crippen LogP contribution in [0.4, 0.5) is 0 Å². The maximum atomic E-state index is 12.6. The summed E-state index contributed by atoms with van der Waals surface area (Å²) in [5.41, 5.74) is 1.18. The molecule has 1 N–H and O–H groups in total. The van der Waals surface area contributed by atoms with Crippen LogP contribution in [0.15, 0.2) is 29.3 Å². The van der Waals surface area contributed by atoms with Gasteiger partial charge >= 0.3 is 0 Å². The molecule has 2 unspecified atom stereocenters. The third-order valence-corrected chi connectivity index (χ3v) is 5.95. The average molecular weight is 432 g/mol. The minimum Gasteiger partial charge on any atom is -0.497 e. The van der Waals surface area contributed by atoms with E-state index in [1.54, 1.807) is 7.11 Å². The van der Waals surface area contributed by atoms with E-state index in [0.717, 1.165) is 44.2 Å². The Hall–Kier alpha value is -2.32. The molecule has 3 rings (SSSR count). The molecule has 2 aliphatic rings. The average Bonchev–Trinajstić information content (AvgIpc) is 3.33. The molecule has 8 nitrogen and oxygen atoms in total. The Morgan fingerprint density at radius 2 is 2.03 bits per heavy atom. The summed E-state index contributed by atoms with van der Waals surface area (Å²) >= 11 is 0. The van der Waals surface area contributed by atoms with Crippen LogP contribution in [0.5, 0.6) is 5.75 Å². The first kappa shape index (κ1) is 23.3. The molecule has 8 heteroatoms. The molecular weight excluding hydrogens is 394 g/mol. The molecule has 2 aliphatic heterocycles. The first-order valence-electron chi connectivity index (χ1n) is 11.3. The summed E-state index contributed by atoms with van der Waals surface area (Å²) in [6, 6.07) is 8.31. The van der Waals surface area contributed by atoms with Gasteiger partial charge in [0, 0.05) is 39.3 Å². The quantitative estimate of drug-likeness (QED) is 0.522. The molecule has 2 fully saturated rings. The van der Waals surface area contributed by atoms with Crippen molar-refractivity contribution < 1.29 is 14.3 Å². The molecular formula is C23H37N5O3. The summed E-state index contributed by atoms with van der Waals surface area (Å²) < 4.78 is 11.0. The summed E-state index contributed by atoms with van der Waals surface area (Å²) in [4.78, 5) is 24.0. The molecule has 0 radical (unpaired) electrons. The summed E-state index contributed by atoms with van der Waals surface area (Å²) in [5.74, 6) is 1.90. The fraction of sp³-hybridized carbons (Fsp3) is 0.652. The van der Waals surface area contributed by atoms with Gasteiger partial charge in [-0.15, -0.1) is 0 Å². The Balaban J connectivity index is 1.64. The predicted octanol–water partition coefficient (Wildman–Crippen LogP) is 1.59. The topological polar surface area (TPSA) is 69.6 Å². The van der Waals surface area contributed by atoms with Gasteiger partial charge in [0.1, 0.15) is 11.9 Å².